The van der Waals surface area contributed by atoms with E-state index in [4.69, 9.17) is 4.74 Å². The van der Waals surface area contributed by atoms with E-state index in [0.29, 0.717) is 6.61 Å². The van der Waals surface area contributed by atoms with Gasteiger partial charge in [-0.15, -0.1) is 0 Å². The zero-order valence-corrected chi connectivity index (χ0v) is 9.86. The van der Waals surface area contributed by atoms with Crippen LogP contribution in [0.3, 0.4) is 0 Å². The van der Waals surface area contributed by atoms with E-state index in [1.165, 1.54) is 7.11 Å². The van der Waals surface area contributed by atoms with Crippen molar-refractivity contribution >= 4 is 5.91 Å². The van der Waals surface area contributed by atoms with Gasteiger partial charge in [-0.05, 0) is 19.8 Å². The third-order valence-electron chi connectivity index (χ3n) is 2.70. The highest BCUT2D eigenvalue weighted by atomic mass is 19.4. The molecule has 2 N–H and O–H groups in total. The Kier molecular flexibility index (Phi) is 4.37. The quantitative estimate of drug-likeness (QED) is 0.738. The number of carbonyl (C=O) groups excluding carboxylic acids is 1. The Balaban J connectivity index is 2.29. The van der Waals surface area contributed by atoms with Crippen LogP contribution in [0.2, 0.25) is 0 Å². The number of hydrogen-bond donors (Lipinski definition) is 2. The fourth-order valence-corrected chi connectivity index (χ4v) is 1.55. The lowest BCUT2D eigenvalue weighted by Crippen LogP contribution is -2.50. The monoisotopic (exact) mass is 254 g/mol. The van der Waals surface area contributed by atoms with Gasteiger partial charge in [-0.2, -0.15) is 13.2 Å². The number of rotatable bonds is 6. The summed E-state index contributed by atoms with van der Waals surface area (Å²) in [4.78, 5) is 11.3. The molecule has 0 aliphatic heterocycles. The second kappa shape index (κ2) is 5.22. The van der Waals surface area contributed by atoms with Crippen LogP contribution in [-0.2, 0) is 9.53 Å². The van der Waals surface area contributed by atoms with Gasteiger partial charge in [-0.25, -0.2) is 0 Å². The van der Waals surface area contributed by atoms with Crippen LogP contribution in [-0.4, -0.2) is 43.9 Å². The predicted octanol–water partition coefficient (Wildman–Crippen LogP) is 0.822. The van der Waals surface area contributed by atoms with Gasteiger partial charge in [0.25, 0.3) is 0 Å². The van der Waals surface area contributed by atoms with E-state index in [1.54, 1.807) is 6.92 Å². The maximum Gasteiger partial charge on any atom is 0.406 e. The smallest absolute Gasteiger partial charge is 0.383 e. The van der Waals surface area contributed by atoms with Crippen molar-refractivity contribution < 1.29 is 22.7 Å². The fraction of sp³-hybridized carbons (Fsp3) is 0.900. The van der Waals surface area contributed by atoms with Crippen molar-refractivity contribution in [1.82, 2.24) is 10.6 Å². The molecule has 1 saturated carbocycles. The number of nitrogens with one attached hydrogen (secondary N) is 2. The minimum Gasteiger partial charge on any atom is -0.383 e. The molecule has 100 valence electrons. The Hall–Kier alpha value is -0.820. The highest BCUT2D eigenvalue weighted by Gasteiger charge is 2.63. The molecule has 1 aliphatic rings. The third-order valence-corrected chi connectivity index (χ3v) is 2.70. The van der Waals surface area contributed by atoms with E-state index < -0.39 is 17.6 Å². The average molecular weight is 254 g/mol. The lowest BCUT2D eigenvalue weighted by atomic mass is 10.2. The summed E-state index contributed by atoms with van der Waals surface area (Å²) >= 11 is 0. The number of ether oxygens (including phenoxy) is 1. The molecule has 1 rings (SSSR count). The molecule has 17 heavy (non-hydrogen) atoms. The van der Waals surface area contributed by atoms with Crippen LogP contribution in [0.5, 0.6) is 0 Å². The van der Waals surface area contributed by atoms with E-state index in [2.05, 4.69) is 10.6 Å². The molecule has 0 bridgehead atoms. The molecule has 1 atom stereocenters. The molecule has 1 unspecified atom stereocenters. The molecule has 0 heterocycles. The minimum atomic E-state index is -4.29. The maximum atomic E-state index is 12.5. The summed E-state index contributed by atoms with van der Waals surface area (Å²) in [6, 6.07) is -0.213. The van der Waals surface area contributed by atoms with Crippen LogP contribution in [0.1, 0.15) is 19.8 Å². The number of methoxy groups -OCH3 is 1. The van der Waals surface area contributed by atoms with Crippen molar-refractivity contribution in [3.8, 4) is 0 Å². The van der Waals surface area contributed by atoms with Crippen molar-refractivity contribution in [3.05, 3.63) is 0 Å². The van der Waals surface area contributed by atoms with Crippen molar-refractivity contribution in [1.29, 1.82) is 0 Å². The predicted molar refractivity (Wildman–Crippen MR) is 55.5 cm³/mol. The Labute approximate surface area is 97.9 Å². The highest BCUT2D eigenvalue weighted by molar-refractivity contribution is 5.78. The molecule has 0 aromatic carbocycles. The van der Waals surface area contributed by atoms with Crippen molar-refractivity contribution in [2.75, 3.05) is 20.3 Å². The van der Waals surface area contributed by atoms with Crippen LogP contribution in [0, 0.1) is 0 Å². The Morgan fingerprint density at radius 2 is 2.06 bits per heavy atom. The van der Waals surface area contributed by atoms with Crippen molar-refractivity contribution in [3.63, 3.8) is 0 Å². The van der Waals surface area contributed by atoms with Gasteiger partial charge in [0.2, 0.25) is 5.91 Å². The first-order chi connectivity index (χ1) is 7.81. The SMILES string of the molecule is COCC(C)NC(=O)CNC1(C(F)(F)F)CC1. The summed E-state index contributed by atoms with van der Waals surface area (Å²) in [6.45, 7) is 1.72. The van der Waals surface area contributed by atoms with E-state index in [9.17, 15) is 18.0 Å². The van der Waals surface area contributed by atoms with Gasteiger partial charge in [0.05, 0.1) is 13.2 Å². The van der Waals surface area contributed by atoms with Gasteiger partial charge in [0.1, 0.15) is 5.54 Å². The summed E-state index contributed by atoms with van der Waals surface area (Å²) in [5.41, 5.74) is -1.84. The zero-order valence-electron chi connectivity index (χ0n) is 9.86. The third kappa shape index (κ3) is 3.85. The number of alkyl halides is 3. The van der Waals surface area contributed by atoms with Crippen LogP contribution >= 0.6 is 0 Å². The number of hydrogen-bond acceptors (Lipinski definition) is 3. The highest BCUT2D eigenvalue weighted by Crippen LogP contribution is 2.48. The van der Waals surface area contributed by atoms with E-state index in [-0.39, 0.29) is 25.4 Å². The number of amides is 1. The first-order valence-corrected chi connectivity index (χ1v) is 5.41. The lowest BCUT2D eigenvalue weighted by Gasteiger charge is -2.21. The number of halogens is 3. The van der Waals surface area contributed by atoms with E-state index in [1.807, 2.05) is 0 Å². The molecular weight excluding hydrogens is 237 g/mol. The van der Waals surface area contributed by atoms with E-state index in [0.717, 1.165) is 0 Å². The van der Waals surface area contributed by atoms with Gasteiger partial charge < -0.3 is 10.1 Å². The molecule has 0 aromatic heterocycles. The van der Waals surface area contributed by atoms with Gasteiger partial charge in [-0.3, -0.25) is 10.1 Å². The molecular formula is C10H17F3N2O2. The maximum absolute atomic E-state index is 12.5. The van der Waals surface area contributed by atoms with Gasteiger partial charge >= 0.3 is 6.18 Å². The normalized spacial score (nSPS) is 19.8. The molecule has 1 aliphatic carbocycles. The molecule has 0 saturated heterocycles. The van der Waals surface area contributed by atoms with Gasteiger partial charge in [-0.1, -0.05) is 0 Å². The molecule has 4 nitrogen and oxygen atoms in total. The summed E-state index contributed by atoms with van der Waals surface area (Å²) in [6.07, 6.45) is -4.21. The zero-order chi connectivity index (χ0) is 13.1. The Morgan fingerprint density at radius 1 is 1.47 bits per heavy atom. The number of carbonyl (C=O) groups is 1. The Morgan fingerprint density at radius 3 is 2.47 bits per heavy atom. The second-order valence-corrected chi connectivity index (χ2v) is 4.36. The lowest BCUT2D eigenvalue weighted by molar-refractivity contribution is -0.166. The molecule has 0 spiro atoms. The largest absolute Gasteiger partial charge is 0.406 e. The fourth-order valence-electron chi connectivity index (χ4n) is 1.55. The first kappa shape index (κ1) is 14.2. The summed E-state index contributed by atoms with van der Waals surface area (Å²) in [7, 11) is 1.49. The first-order valence-electron chi connectivity index (χ1n) is 5.41. The molecule has 1 amide bonds. The van der Waals surface area contributed by atoms with Crippen LogP contribution in [0.4, 0.5) is 13.2 Å². The van der Waals surface area contributed by atoms with E-state index >= 15 is 0 Å². The minimum absolute atomic E-state index is 0.0391. The van der Waals surface area contributed by atoms with Crippen LogP contribution in [0.25, 0.3) is 0 Å². The molecule has 1 fully saturated rings. The standard InChI is InChI=1S/C10H17F3N2O2/c1-7(6-17-2)15-8(16)5-14-9(3-4-9)10(11,12)13/h7,14H,3-6H2,1-2H3,(H,15,16). The van der Waals surface area contributed by atoms with Crippen molar-refractivity contribution in [2.45, 2.75) is 37.5 Å². The topological polar surface area (TPSA) is 50.4 Å². The molecule has 7 heteroatoms. The van der Waals surface area contributed by atoms with Gasteiger partial charge in [0.15, 0.2) is 0 Å². The molecule has 0 aromatic rings. The van der Waals surface area contributed by atoms with Crippen molar-refractivity contribution in [2.24, 2.45) is 0 Å². The Bertz CT molecular complexity index is 277. The summed E-state index contributed by atoms with van der Waals surface area (Å²) in [5.74, 6) is -0.454. The van der Waals surface area contributed by atoms with Crippen LogP contribution in [0.15, 0.2) is 0 Å². The average Bonchev–Trinajstić information content (AvgIpc) is 2.94. The van der Waals surface area contributed by atoms with Crippen LogP contribution < -0.4 is 10.6 Å². The van der Waals surface area contributed by atoms with Gasteiger partial charge in [0, 0.05) is 13.2 Å². The summed E-state index contributed by atoms with van der Waals surface area (Å²) in [5, 5.41) is 4.82. The molecule has 0 radical (unpaired) electrons. The second-order valence-electron chi connectivity index (χ2n) is 4.36. The summed E-state index contributed by atoms with van der Waals surface area (Å²) < 4.78 is 42.3.